The fraction of sp³-hybridized carbons (Fsp3) is 0.857. The van der Waals surface area contributed by atoms with Crippen LogP contribution in [0, 0.1) is 0 Å². The van der Waals surface area contributed by atoms with Gasteiger partial charge in [-0.15, -0.1) is 0 Å². The van der Waals surface area contributed by atoms with E-state index >= 15 is 0 Å². The number of sulfonamides is 1. The van der Waals surface area contributed by atoms with Crippen molar-refractivity contribution < 1.29 is 23.1 Å². The molecule has 0 saturated carbocycles. The third-order valence-corrected chi connectivity index (χ3v) is 3.84. The summed E-state index contributed by atoms with van der Waals surface area (Å²) in [5, 5.41) is 8.43. The van der Waals surface area contributed by atoms with Gasteiger partial charge in [0, 0.05) is 12.6 Å². The van der Waals surface area contributed by atoms with Gasteiger partial charge in [0.1, 0.15) is 0 Å². The minimum Gasteiger partial charge on any atom is -0.480 e. The van der Waals surface area contributed by atoms with Crippen molar-refractivity contribution in [3.63, 3.8) is 0 Å². The molecular weight excluding hydrogens is 210 g/mol. The van der Waals surface area contributed by atoms with Crippen LogP contribution in [0.5, 0.6) is 0 Å². The second kappa shape index (κ2) is 4.24. The Morgan fingerprint density at radius 2 is 2.29 bits per heavy atom. The van der Waals surface area contributed by atoms with Crippen LogP contribution in [-0.2, 0) is 19.6 Å². The summed E-state index contributed by atoms with van der Waals surface area (Å²) in [4.78, 5) is 10.3. The summed E-state index contributed by atoms with van der Waals surface area (Å²) >= 11 is 0. The highest BCUT2D eigenvalue weighted by atomic mass is 32.2. The Labute approximate surface area is 82.5 Å². The van der Waals surface area contributed by atoms with E-state index < -0.39 is 21.7 Å². The largest absolute Gasteiger partial charge is 0.480 e. The third-order valence-electron chi connectivity index (χ3n) is 1.97. The van der Waals surface area contributed by atoms with Crippen molar-refractivity contribution in [3.05, 3.63) is 0 Å². The number of carboxylic acids is 1. The molecule has 1 aliphatic rings. The second-order valence-electron chi connectivity index (χ2n) is 3.18. The fourth-order valence-corrected chi connectivity index (χ4v) is 2.80. The molecule has 0 aromatic carbocycles. The Kier molecular flexibility index (Phi) is 3.46. The van der Waals surface area contributed by atoms with Crippen molar-refractivity contribution in [2.75, 3.05) is 25.5 Å². The van der Waals surface area contributed by atoms with Crippen LogP contribution in [0.2, 0.25) is 0 Å². The molecule has 0 radical (unpaired) electrons. The van der Waals surface area contributed by atoms with Crippen LogP contribution in [0.3, 0.4) is 0 Å². The van der Waals surface area contributed by atoms with Crippen LogP contribution in [-0.4, -0.2) is 55.4 Å². The average Bonchev–Trinajstić information content (AvgIpc) is 2.02. The predicted molar refractivity (Wildman–Crippen MR) is 48.4 cm³/mol. The first-order valence-electron chi connectivity index (χ1n) is 4.22. The molecule has 1 fully saturated rings. The van der Waals surface area contributed by atoms with E-state index in [0.29, 0.717) is 13.2 Å². The first kappa shape index (κ1) is 11.4. The zero-order valence-electron chi connectivity index (χ0n) is 7.84. The van der Waals surface area contributed by atoms with Crippen molar-refractivity contribution in [1.29, 1.82) is 0 Å². The molecule has 0 aliphatic carbocycles. The Morgan fingerprint density at radius 3 is 2.79 bits per heavy atom. The van der Waals surface area contributed by atoms with Crippen molar-refractivity contribution in [3.8, 4) is 0 Å². The lowest BCUT2D eigenvalue weighted by molar-refractivity contribution is -0.134. The Hall–Kier alpha value is -0.660. The summed E-state index contributed by atoms with van der Waals surface area (Å²) in [5.41, 5.74) is 0. The lowest BCUT2D eigenvalue weighted by Crippen LogP contribution is -2.48. The molecule has 0 bridgehead atoms. The molecule has 1 rings (SSSR count). The molecule has 1 aliphatic heterocycles. The molecule has 1 saturated heterocycles. The lowest BCUT2D eigenvalue weighted by Gasteiger charge is -2.31. The van der Waals surface area contributed by atoms with Gasteiger partial charge in [0.2, 0.25) is 10.0 Å². The first-order valence-corrected chi connectivity index (χ1v) is 5.83. The van der Waals surface area contributed by atoms with Crippen molar-refractivity contribution in [2.45, 2.75) is 13.0 Å². The number of carboxylic acid groups (broad SMARTS) is 1. The lowest BCUT2D eigenvalue weighted by atomic mass is 10.3. The predicted octanol–water partition coefficient (Wildman–Crippen LogP) is -0.878. The van der Waals surface area contributed by atoms with Gasteiger partial charge >= 0.3 is 5.97 Å². The van der Waals surface area contributed by atoms with Gasteiger partial charge in [-0.2, -0.15) is 4.31 Å². The van der Waals surface area contributed by atoms with Crippen molar-refractivity contribution >= 4 is 16.0 Å². The SMILES string of the molecule is C[C@@H]1COCCN1S(=O)(=O)CC(=O)O. The molecule has 82 valence electrons. The number of rotatable bonds is 3. The molecule has 14 heavy (non-hydrogen) atoms. The van der Waals surface area contributed by atoms with E-state index in [1.54, 1.807) is 6.92 Å². The number of aliphatic carboxylic acids is 1. The average molecular weight is 223 g/mol. The zero-order chi connectivity index (χ0) is 10.8. The van der Waals surface area contributed by atoms with E-state index in [2.05, 4.69) is 0 Å². The van der Waals surface area contributed by atoms with Gasteiger partial charge in [-0.3, -0.25) is 4.79 Å². The van der Waals surface area contributed by atoms with Gasteiger partial charge in [0.05, 0.1) is 13.2 Å². The van der Waals surface area contributed by atoms with Crippen molar-refractivity contribution in [1.82, 2.24) is 4.31 Å². The van der Waals surface area contributed by atoms with Gasteiger partial charge in [-0.05, 0) is 6.92 Å². The topological polar surface area (TPSA) is 83.9 Å². The van der Waals surface area contributed by atoms with Gasteiger partial charge in [-0.1, -0.05) is 0 Å². The standard InChI is InChI=1S/C7H13NO5S/c1-6-4-13-3-2-8(6)14(11,12)5-7(9)10/h6H,2-5H2,1H3,(H,9,10)/t6-/m1/s1. The quantitative estimate of drug-likeness (QED) is 0.671. The molecule has 0 spiro atoms. The fourth-order valence-electron chi connectivity index (χ4n) is 1.36. The normalized spacial score (nSPS) is 24.8. The summed E-state index contributed by atoms with van der Waals surface area (Å²) < 4.78 is 29.2. The highest BCUT2D eigenvalue weighted by Crippen LogP contribution is 2.12. The number of hydrogen-bond donors (Lipinski definition) is 1. The Morgan fingerprint density at radius 1 is 1.64 bits per heavy atom. The summed E-state index contributed by atoms with van der Waals surface area (Å²) in [7, 11) is -3.68. The molecule has 1 heterocycles. The molecule has 1 N–H and O–H groups in total. The van der Waals surface area contributed by atoms with Crippen LogP contribution < -0.4 is 0 Å². The second-order valence-corrected chi connectivity index (χ2v) is 5.11. The number of carbonyl (C=O) groups is 1. The summed E-state index contributed by atoms with van der Waals surface area (Å²) in [6.45, 7) is 2.57. The van der Waals surface area contributed by atoms with Crippen LogP contribution in [0.1, 0.15) is 6.92 Å². The van der Waals surface area contributed by atoms with E-state index in [0.717, 1.165) is 0 Å². The van der Waals surface area contributed by atoms with Crippen LogP contribution in [0.4, 0.5) is 0 Å². The molecular formula is C7H13NO5S. The molecule has 1 atom stereocenters. The van der Waals surface area contributed by atoms with Crippen LogP contribution in [0.15, 0.2) is 0 Å². The van der Waals surface area contributed by atoms with Crippen LogP contribution >= 0.6 is 0 Å². The molecule has 7 heteroatoms. The monoisotopic (exact) mass is 223 g/mol. The number of morpholine rings is 1. The minimum absolute atomic E-state index is 0.233. The van der Waals surface area contributed by atoms with Gasteiger partial charge in [-0.25, -0.2) is 8.42 Å². The summed E-state index contributed by atoms with van der Waals surface area (Å²) in [6, 6.07) is -0.284. The van der Waals surface area contributed by atoms with E-state index in [-0.39, 0.29) is 12.6 Å². The number of hydrogen-bond acceptors (Lipinski definition) is 4. The summed E-state index contributed by atoms with van der Waals surface area (Å²) in [6.07, 6.45) is 0. The molecule has 6 nitrogen and oxygen atoms in total. The maximum absolute atomic E-state index is 11.5. The first-order chi connectivity index (χ1) is 6.43. The van der Waals surface area contributed by atoms with Gasteiger partial charge in [0.25, 0.3) is 0 Å². The smallest absolute Gasteiger partial charge is 0.320 e. The molecule has 0 aromatic heterocycles. The number of nitrogens with zero attached hydrogens (tertiary/aromatic N) is 1. The molecule has 0 amide bonds. The van der Waals surface area contributed by atoms with Gasteiger partial charge in [0.15, 0.2) is 5.75 Å². The van der Waals surface area contributed by atoms with Crippen molar-refractivity contribution in [2.24, 2.45) is 0 Å². The Balaban J connectivity index is 2.75. The molecule has 0 aromatic rings. The summed E-state index contributed by atoms with van der Waals surface area (Å²) in [5.74, 6) is -2.18. The number of ether oxygens (including phenoxy) is 1. The highest BCUT2D eigenvalue weighted by Gasteiger charge is 2.31. The van der Waals surface area contributed by atoms with E-state index in [1.807, 2.05) is 0 Å². The highest BCUT2D eigenvalue weighted by molar-refractivity contribution is 7.89. The zero-order valence-corrected chi connectivity index (χ0v) is 8.66. The minimum atomic E-state index is -3.68. The van der Waals surface area contributed by atoms with E-state index in [1.165, 1.54) is 4.31 Å². The maximum atomic E-state index is 11.5. The maximum Gasteiger partial charge on any atom is 0.320 e. The Bertz CT molecular complexity index is 312. The van der Waals surface area contributed by atoms with Crippen LogP contribution in [0.25, 0.3) is 0 Å². The van der Waals surface area contributed by atoms with E-state index in [4.69, 9.17) is 9.84 Å². The van der Waals surface area contributed by atoms with Gasteiger partial charge < -0.3 is 9.84 Å². The third kappa shape index (κ3) is 2.66. The molecule has 0 unspecified atom stereocenters. The van der Waals surface area contributed by atoms with E-state index in [9.17, 15) is 13.2 Å².